The number of carbonyl (C=O) groups excluding carboxylic acids is 1. The zero-order chi connectivity index (χ0) is 19.1. The lowest BCUT2D eigenvalue weighted by Crippen LogP contribution is -2.38. The van der Waals surface area contributed by atoms with E-state index in [0.29, 0.717) is 18.7 Å². The van der Waals surface area contributed by atoms with E-state index in [2.05, 4.69) is 15.5 Å². The van der Waals surface area contributed by atoms with Crippen molar-refractivity contribution in [1.82, 2.24) is 20.1 Å². The van der Waals surface area contributed by atoms with Gasteiger partial charge in [0, 0.05) is 45.1 Å². The first-order chi connectivity index (χ1) is 12.4. The highest BCUT2D eigenvalue weighted by Gasteiger charge is 2.10. The average molecular weight is 376 g/mol. The maximum Gasteiger partial charge on any atom is 0.251 e. The van der Waals surface area contributed by atoms with E-state index in [4.69, 9.17) is 16.6 Å². The van der Waals surface area contributed by atoms with Gasteiger partial charge in [0.2, 0.25) is 0 Å². The van der Waals surface area contributed by atoms with Gasteiger partial charge in [0.05, 0.1) is 18.1 Å². The van der Waals surface area contributed by atoms with Crippen molar-refractivity contribution in [2.75, 3.05) is 20.6 Å². The minimum absolute atomic E-state index is 0.0886. The first-order valence-corrected chi connectivity index (χ1v) is 8.93. The van der Waals surface area contributed by atoms with Crippen molar-refractivity contribution in [2.45, 2.75) is 20.0 Å². The van der Waals surface area contributed by atoms with Crippen molar-refractivity contribution < 1.29 is 4.79 Å². The molecule has 1 amide bonds. The van der Waals surface area contributed by atoms with Crippen LogP contribution in [-0.2, 0) is 20.1 Å². The van der Waals surface area contributed by atoms with Crippen LogP contribution in [0.15, 0.2) is 41.5 Å². The fourth-order valence-electron chi connectivity index (χ4n) is 2.58. The largest absolute Gasteiger partial charge is 0.357 e. The molecule has 1 heterocycles. The van der Waals surface area contributed by atoms with Gasteiger partial charge in [-0.1, -0.05) is 23.7 Å². The van der Waals surface area contributed by atoms with Crippen LogP contribution in [0.4, 0.5) is 0 Å². The third kappa shape index (κ3) is 5.26. The van der Waals surface area contributed by atoms with Crippen molar-refractivity contribution in [3.8, 4) is 0 Å². The number of hydrogen-bond acceptors (Lipinski definition) is 2. The third-order valence-electron chi connectivity index (χ3n) is 4.02. The topological polar surface area (TPSA) is 61.7 Å². The van der Waals surface area contributed by atoms with Gasteiger partial charge in [-0.05, 0) is 30.7 Å². The second kappa shape index (κ2) is 9.29. The Morgan fingerprint density at radius 2 is 2.00 bits per heavy atom. The molecule has 1 aromatic carbocycles. The summed E-state index contributed by atoms with van der Waals surface area (Å²) in [6.45, 7) is 4.06. The van der Waals surface area contributed by atoms with Crippen molar-refractivity contribution in [3.63, 3.8) is 0 Å². The number of aryl methyl sites for hydroxylation is 1. The Bertz CT molecular complexity index is 767. The van der Waals surface area contributed by atoms with E-state index < -0.39 is 0 Å². The lowest BCUT2D eigenvalue weighted by molar-refractivity contribution is 0.0963. The van der Waals surface area contributed by atoms with E-state index in [0.717, 1.165) is 28.8 Å². The summed E-state index contributed by atoms with van der Waals surface area (Å²) in [5.74, 6) is 0.731. The smallest absolute Gasteiger partial charge is 0.251 e. The summed E-state index contributed by atoms with van der Waals surface area (Å²) < 4.78 is 2.01. The van der Waals surface area contributed by atoms with Gasteiger partial charge in [-0.25, -0.2) is 4.99 Å². The summed E-state index contributed by atoms with van der Waals surface area (Å²) in [5.41, 5.74) is 2.80. The molecule has 2 N–H and O–H groups in total. The average Bonchev–Trinajstić information content (AvgIpc) is 2.95. The molecular weight excluding hydrogens is 350 g/mol. The van der Waals surface area contributed by atoms with Gasteiger partial charge in [0.15, 0.2) is 5.96 Å². The number of rotatable bonds is 6. The summed E-state index contributed by atoms with van der Waals surface area (Å²) in [5, 5.41) is 6.66. The third-order valence-corrected chi connectivity index (χ3v) is 4.23. The van der Waals surface area contributed by atoms with Crippen LogP contribution in [0, 0.1) is 0 Å². The van der Waals surface area contributed by atoms with Crippen LogP contribution < -0.4 is 10.6 Å². The molecule has 6 nitrogen and oxygen atoms in total. The van der Waals surface area contributed by atoms with E-state index in [1.807, 2.05) is 62.1 Å². The molecule has 0 aliphatic rings. The molecule has 0 fully saturated rings. The number of amides is 1. The molecule has 26 heavy (non-hydrogen) atoms. The van der Waals surface area contributed by atoms with Gasteiger partial charge < -0.3 is 20.1 Å². The predicted octanol–water partition coefficient (Wildman–Crippen LogP) is 2.64. The lowest BCUT2D eigenvalue weighted by Gasteiger charge is -2.22. The fourth-order valence-corrected chi connectivity index (χ4v) is 2.86. The van der Waals surface area contributed by atoms with Crippen molar-refractivity contribution in [1.29, 1.82) is 0 Å². The highest BCUT2D eigenvalue weighted by molar-refractivity contribution is 6.30. The number of halogens is 1. The van der Waals surface area contributed by atoms with Gasteiger partial charge in [0.25, 0.3) is 5.91 Å². The molecular formula is C19H26ClN5O. The molecule has 0 radical (unpaired) electrons. The SMILES string of the molecule is CCNC(=NCc1ccc(C(=O)NC)cc1)N(C)Cc1cc(Cl)cn1C. The van der Waals surface area contributed by atoms with Crippen LogP contribution in [0.1, 0.15) is 28.5 Å². The summed E-state index contributed by atoms with van der Waals surface area (Å²) in [4.78, 5) is 18.4. The second-order valence-electron chi connectivity index (χ2n) is 6.06. The molecule has 0 bridgehead atoms. The molecule has 0 aliphatic heterocycles. The normalized spacial score (nSPS) is 11.3. The molecule has 2 rings (SSSR count). The van der Waals surface area contributed by atoms with E-state index >= 15 is 0 Å². The van der Waals surface area contributed by atoms with Crippen molar-refractivity contribution >= 4 is 23.5 Å². The molecule has 0 spiro atoms. The minimum Gasteiger partial charge on any atom is -0.357 e. The minimum atomic E-state index is -0.0886. The molecule has 2 aromatic rings. The van der Waals surface area contributed by atoms with E-state index in [1.165, 1.54) is 0 Å². The van der Waals surface area contributed by atoms with E-state index in [9.17, 15) is 4.79 Å². The van der Waals surface area contributed by atoms with Gasteiger partial charge >= 0.3 is 0 Å². The Labute approximate surface area is 159 Å². The highest BCUT2D eigenvalue weighted by Crippen LogP contribution is 2.14. The number of guanidine groups is 1. The predicted molar refractivity (Wildman–Crippen MR) is 107 cm³/mol. The Morgan fingerprint density at radius 1 is 1.31 bits per heavy atom. The molecule has 140 valence electrons. The van der Waals surface area contributed by atoms with Crippen LogP contribution in [-0.4, -0.2) is 42.0 Å². The van der Waals surface area contributed by atoms with Crippen molar-refractivity contribution in [2.24, 2.45) is 12.0 Å². The molecule has 0 atom stereocenters. The molecule has 0 aliphatic carbocycles. The van der Waals surface area contributed by atoms with Gasteiger partial charge in [0.1, 0.15) is 0 Å². The van der Waals surface area contributed by atoms with Crippen LogP contribution >= 0.6 is 11.6 Å². The monoisotopic (exact) mass is 375 g/mol. The summed E-state index contributed by atoms with van der Waals surface area (Å²) >= 11 is 6.06. The molecule has 0 saturated carbocycles. The van der Waals surface area contributed by atoms with Crippen LogP contribution in [0.25, 0.3) is 0 Å². The van der Waals surface area contributed by atoms with Crippen LogP contribution in [0.5, 0.6) is 0 Å². The fraction of sp³-hybridized carbons (Fsp3) is 0.368. The van der Waals surface area contributed by atoms with Gasteiger partial charge in [-0.3, -0.25) is 4.79 Å². The number of aromatic nitrogens is 1. The number of nitrogens with zero attached hydrogens (tertiary/aromatic N) is 3. The number of aliphatic imine (C=N–C) groups is 1. The maximum absolute atomic E-state index is 11.6. The molecule has 1 aromatic heterocycles. The zero-order valence-electron chi connectivity index (χ0n) is 15.7. The zero-order valence-corrected chi connectivity index (χ0v) is 16.5. The maximum atomic E-state index is 11.6. The van der Waals surface area contributed by atoms with E-state index in [1.54, 1.807) is 7.05 Å². The van der Waals surface area contributed by atoms with Crippen LogP contribution in [0.3, 0.4) is 0 Å². The first-order valence-electron chi connectivity index (χ1n) is 8.55. The summed E-state index contributed by atoms with van der Waals surface area (Å²) in [7, 11) is 5.60. The number of hydrogen-bond donors (Lipinski definition) is 2. The number of benzene rings is 1. The Kier molecular flexibility index (Phi) is 7.09. The Morgan fingerprint density at radius 3 is 2.54 bits per heavy atom. The highest BCUT2D eigenvalue weighted by atomic mass is 35.5. The number of carbonyl (C=O) groups is 1. The van der Waals surface area contributed by atoms with Gasteiger partial charge in [-0.2, -0.15) is 0 Å². The first kappa shape index (κ1) is 19.8. The second-order valence-corrected chi connectivity index (χ2v) is 6.50. The number of nitrogens with one attached hydrogen (secondary N) is 2. The lowest BCUT2D eigenvalue weighted by atomic mass is 10.1. The molecule has 7 heteroatoms. The Hall–Kier alpha value is -2.47. The van der Waals surface area contributed by atoms with Gasteiger partial charge in [-0.15, -0.1) is 0 Å². The Balaban J connectivity index is 2.07. The van der Waals surface area contributed by atoms with Crippen molar-refractivity contribution in [3.05, 3.63) is 58.4 Å². The molecule has 0 unspecified atom stereocenters. The van der Waals surface area contributed by atoms with Crippen LogP contribution in [0.2, 0.25) is 5.02 Å². The standard InChI is InChI=1S/C19H26ClN5O/c1-5-22-19(25(4)13-17-10-16(20)12-24(17)3)23-11-14-6-8-15(9-7-14)18(26)21-2/h6-10,12H,5,11,13H2,1-4H3,(H,21,26)(H,22,23). The molecule has 0 saturated heterocycles. The van der Waals surface area contributed by atoms with E-state index in [-0.39, 0.29) is 5.91 Å². The summed E-state index contributed by atoms with van der Waals surface area (Å²) in [6, 6.07) is 9.43. The summed E-state index contributed by atoms with van der Waals surface area (Å²) in [6.07, 6.45) is 1.89. The quantitative estimate of drug-likeness (QED) is 0.602.